The molecule has 32 heavy (non-hydrogen) atoms. The zero-order chi connectivity index (χ0) is 22.9. The van der Waals surface area contributed by atoms with Crippen LogP contribution in [0.4, 0.5) is 0 Å². The quantitative estimate of drug-likeness (QED) is 0.526. The topological polar surface area (TPSA) is 99.0 Å². The van der Waals surface area contributed by atoms with Crippen LogP contribution >= 0.6 is 0 Å². The molecular weight excluding hydrogens is 412 g/mol. The van der Waals surface area contributed by atoms with E-state index < -0.39 is 0 Å². The van der Waals surface area contributed by atoms with Gasteiger partial charge in [-0.15, -0.1) is 0 Å². The number of amides is 1. The van der Waals surface area contributed by atoms with E-state index in [9.17, 15) is 4.79 Å². The maximum Gasteiger partial charge on any atom is 0.241 e. The molecular formula is C23H34N4O5. The molecule has 0 saturated carbocycles. The molecule has 0 radical (unpaired) electrons. The lowest BCUT2D eigenvalue weighted by Crippen LogP contribution is -2.43. The minimum atomic E-state index is -0.0250. The van der Waals surface area contributed by atoms with Gasteiger partial charge in [-0.25, -0.2) is 0 Å². The average molecular weight is 447 g/mol. The maximum absolute atomic E-state index is 12.5. The summed E-state index contributed by atoms with van der Waals surface area (Å²) in [6, 6.07) is 5.50. The van der Waals surface area contributed by atoms with E-state index in [0.717, 1.165) is 31.4 Å². The standard InChI is InChI=1S/C23H34N4O5/c1-16(2)31-12-6-10-24-23(28)18-7-5-11-27(14-18)15-21-25-22(26-32-21)17-8-9-19(29-3)20(13-17)30-4/h8-9,13,16,18H,5-7,10-12,14-15H2,1-4H3,(H,24,28). The molecule has 0 spiro atoms. The molecule has 2 aromatic rings. The van der Waals surface area contributed by atoms with Crippen LogP contribution in [0.3, 0.4) is 0 Å². The van der Waals surface area contributed by atoms with Crippen molar-refractivity contribution in [3.8, 4) is 22.9 Å². The van der Waals surface area contributed by atoms with E-state index in [4.69, 9.17) is 18.7 Å². The maximum atomic E-state index is 12.5. The number of carbonyl (C=O) groups is 1. The summed E-state index contributed by atoms with van der Waals surface area (Å²) in [6.07, 6.45) is 2.90. The highest BCUT2D eigenvalue weighted by atomic mass is 16.5. The Balaban J connectivity index is 1.51. The molecule has 1 unspecified atom stereocenters. The van der Waals surface area contributed by atoms with E-state index >= 15 is 0 Å². The van der Waals surface area contributed by atoms with Gasteiger partial charge in [0.1, 0.15) is 0 Å². The molecule has 1 aromatic heterocycles. The van der Waals surface area contributed by atoms with Crippen molar-refractivity contribution in [2.75, 3.05) is 40.5 Å². The SMILES string of the molecule is COc1ccc(-c2noc(CN3CCCC(C(=O)NCCCOC(C)C)C3)n2)cc1OC. The van der Waals surface area contributed by atoms with Crippen molar-refractivity contribution in [3.63, 3.8) is 0 Å². The number of hydrogen-bond donors (Lipinski definition) is 1. The van der Waals surface area contributed by atoms with Gasteiger partial charge in [-0.2, -0.15) is 4.98 Å². The minimum Gasteiger partial charge on any atom is -0.493 e. The number of methoxy groups -OCH3 is 2. The third kappa shape index (κ3) is 6.67. The summed E-state index contributed by atoms with van der Waals surface area (Å²) in [5, 5.41) is 7.14. The Morgan fingerprint density at radius 3 is 2.84 bits per heavy atom. The number of carbonyl (C=O) groups excluding carboxylic acids is 1. The summed E-state index contributed by atoms with van der Waals surface area (Å²) in [4.78, 5) is 19.3. The monoisotopic (exact) mass is 446 g/mol. The van der Waals surface area contributed by atoms with Gasteiger partial charge >= 0.3 is 0 Å². The van der Waals surface area contributed by atoms with Crippen molar-refractivity contribution in [3.05, 3.63) is 24.1 Å². The Morgan fingerprint density at radius 2 is 2.09 bits per heavy atom. The fourth-order valence-electron chi connectivity index (χ4n) is 3.76. The minimum absolute atomic E-state index is 0.0250. The van der Waals surface area contributed by atoms with Crippen LogP contribution in [0, 0.1) is 5.92 Å². The summed E-state index contributed by atoms with van der Waals surface area (Å²) in [7, 11) is 3.18. The number of aromatic nitrogens is 2. The van der Waals surface area contributed by atoms with Crippen LogP contribution in [0.2, 0.25) is 0 Å². The van der Waals surface area contributed by atoms with Crippen molar-refractivity contribution in [1.29, 1.82) is 0 Å². The third-order valence-corrected chi connectivity index (χ3v) is 5.42. The molecule has 1 amide bonds. The zero-order valence-electron chi connectivity index (χ0n) is 19.4. The van der Waals surface area contributed by atoms with E-state index in [1.165, 1.54) is 0 Å². The zero-order valence-corrected chi connectivity index (χ0v) is 19.4. The molecule has 1 atom stereocenters. The highest BCUT2D eigenvalue weighted by Crippen LogP contribution is 2.31. The molecule has 1 N–H and O–H groups in total. The molecule has 2 heterocycles. The van der Waals surface area contributed by atoms with Crippen LogP contribution in [0.1, 0.15) is 39.0 Å². The van der Waals surface area contributed by atoms with Crippen molar-refractivity contribution in [1.82, 2.24) is 20.4 Å². The summed E-state index contributed by atoms with van der Waals surface area (Å²) >= 11 is 0. The van der Waals surface area contributed by atoms with Gasteiger partial charge in [0.05, 0.1) is 32.8 Å². The molecule has 1 aliphatic heterocycles. The van der Waals surface area contributed by atoms with Crippen molar-refractivity contribution >= 4 is 5.91 Å². The molecule has 1 aliphatic rings. The number of benzene rings is 1. The van der Waals surface area contributed by atoms with Crippen molar-refractivity contribution < 1.29 is 23.5 Å². The lowest BCUT2D eigenvalue weighted by molar-refractivity contribution is -0.126. The van der Waals surface area contributed by atoms with E-state index in [1.54, 1.807) is 14.2 Å². The van der Waals surface area contributed by atoms with Crippen LogP contribution in [0.15, 0.2) is 22.7 Å². The second kappa shape index (κ2) is 11.8. The van der Waals surface area contributed by atoms with Crippen molar-refractivity contribution in [2.45, 2.75) is 45.8 Å². The second-order valence-electron chi connectivity index (χ2n) is 8.22. The van der Waals surface area contributed by atoms with Crippen LogP contribution in [0.25, 0.3) is 11.4 Å². The predicted molar refractivity (Wildman–Crippen MR) is 120 cm³/mol. The van der Waals surface area contributed by atoms with Gasteiger partial charge in [0.25, 0.3) is 0 Å². The molecule has 9 heteroatoms. The molecule has 0 aliphatic carbocycles. The van der Waals surface area contributed by atoms with E-state index in [2.05, 4.69) is 20.4 Å². The Labute approximate surface area is 189 Å². The first kappa shape index (κ1) is 24.0. The summed E-state index contributed by atoms with van der Waals surface area (Å²) in [5.41, 5.74) is 0.787. The fraction of sp³-hybridized carbons (Fsp3) is 0.609. The molecule has 176 valence electrons. The first-order chi connectivity index (χ1) is 15.5. The van der Waals surface area contributed by atoms with Gasteiger partial charge in [0.2, 0.25) is 17.6 Å². The molecule has 9 nitrogen and oxygen atoms in total. The molecule has 1 fully saturated rings. The van der Waals surface area contributed by atoms with Gasteiger partial charge < -0.3 is 24.1 Å². The number of piperidine rings is 1. The molecule has 1 saturated heterocycles. The van der Waals surface area contributed by atoms with Gasteiger partial charge in [-0.1, -0.05) is 5.16 Å². The molecule has 3 rings (SSSR count). The van der Waals surface area contributed by atoms with Gasteiger partial charge in [0, 0.05) is 25.3 Å². The van der Waals surface area contributed by atoms with Gasteiger partial charge in [-0.3, -0.25) is 9.69 Å². The summed E-state index contributed by atoms with van der Waals surface area (Å²) in [6.45, 7) is 7.42. The normalized spacial score (nSPS) is 16.8. The highest BCUT2D eigenvalue weighted by Gasteiger charge is 2.26. The number of nitrogens with one attached hydrogen (secondary N) is 1. The Morgan fingerprint density at radius 1 is 1.28 bits per heavy atom. The van der Waals surface area contributed by atoms with Gasteiger partial charge in [0.15, 0.2) is 11.5 Å². The number of ether oxygens (including phenoxy) is 3. The predicted octanol–water partition coefficient (Wildman–Crippen LogP) is 2.90. The fourth-order valence-corrected chi connectivity index (χ4v) is 3.76. The van der Waals surface area contributed by atoms with Crippen LogP contribution in [-0.4, -0.2) is 67.5 Å². The van der Waals surface area contributed by atoms with E-state index in [0.29, 0.717) is 49.5 Å². The van der Waals surface area contributed by atoms with E-state index in [-0.39, 0.29) is 17.9 Å². The summed E-state index contributed by atoms with van der Waals surface area (Å²) in [5.74, 6) is 2.36. The summed E-state index contributed by atoms with van der Waals surface area (Å²) < 4.78 is 21.6. The smallest absolute Gasteiger partial charge is 0.241 e. The van der Waals surface area contributed by atoms with Crippen molar-refractivity contribution in [2.24, 2.45) is 5.92 Å². The number of likely N-dealkylation sites (tertiary alicyclic amines) is 1. The first-order valence-electron chi connectivity index (χ1n) is 11.2. The number of rotatable bonds is 11. The third-order valence-electron chi connectivity index (χ3n) is 5.42. The Bertz CT molecular complexity index is 870. The Kier molecular flexibility index (Phi) is 8.87. The average Bonchev–Trinajstić information content (AvgIpc) is 3.26. The van der Waals surface area contributed by atoms with E-state index in [1.807, 2.05) is 32.0 Å². The lowest BCUT2D eigenvalue weighted by Gasteiger charge is -2.30. The van der Waals surface area contributed by atoms with Crippen LogP contribution in [-0.2, 0) is 16.1 Å². The van der Waals surface area contributed by atoms with Gasteiger partial charge in [-0.05, 0) is 57.9 Å². The highest BCUT2D eigenvalue weighted by molar-refractivity contribution is 5.78. The number of nitrogens with zero attached hydrogens (tertiary/aromatic N) is 3. The van der Waals surface area contributed by atoms with Crippen LogP contribution in [0.5, 0.6) is 11.5 Å². The van der Waals surface area contributed by atoms with Crippen LogP contribution < -0.4 is 14.8 Å². The molecule has 0 bridgehead atoms. The largest absolute Gasteiger partial charge is 0.493 e. The second-order valence-corrected chi connectivity index (χ2v) is 8.22. The lowest BCUT2D eigenvalue weighted by atomic mass is 9.97. The number of hydrogen-bond acceptors (Lipinski definition) is 8. The first-order valence-corrected chi connectivity index (χ1v) is 11.2. The Hall–Kier alpha value is -2.65. The molecule has 1 aromatic carbocycles.